The SMILES string of the molecule is CC1CN(c2cc(O[C@@H](C)[C@@H]3CCCN3C)nc(C#N)n2)C[C@H](C)N1C(=O)OC(C)(C)C. The summed E-state index contributed by atoms with van der Waals surface area (Å²) < 4.78 is 11.7. The average molecular weight is 445 g/mol. The van der Waals surface area contributed by atoms with Gasteiger partial charge in [0.25, 0.3) is 0 Å². The summed E-state index contributed by atoms with van der Waals surface area (Å²) in [5.41, 5.74) is -0.543. The Morgan fingerprint density at radius 3 is 2.44 bits per heavy atom. The lowest BCUT2D eigenvalue weighted by Gasteiger charge is -2.44. The summed E-state index contributed by atoms with van der Waals surface area (Å²) in [6.07, 6.45) is 1.89. The lowest BCUT2D eigenvalue weighted by Crippen LogP contribution is -2.59. The average Bonchev–Trinajstić information content (AvgIpc) is 3.11. The van der Waals surface area contributed by atoms with Crippen LogP contribution in [0.1, 0.15) is 60.2 Å². The third-order valence-electron chi connectivity index (χ3n) is 6.06. The zero-order chi connectivity index (χ0) is 23.6. The summed E-state index contributed by atoms with van der Waals surface area (Å²) in [6, 6.07) is 4.02. The van der Waals surface area contributed by atoms with Gasteiger partial charge in [-0.1, -0.05) is 0 Å². The van der Waals surface area contributed by atoms with E-state index in [0.717, 1.165) is 19.4 Å². The fourth-order valence-corrected chi connectivity index (χ4v) is 4.67. The normalized spacial score (nSPS) is 25.4. The van der Waals surface area contributed by atoms with Crippen LogP contribution in [0.2, 0.25) is 0 Å². The van der Waals surface area contributed by atoms with E-state index in [1.807, 2.05) is 47.6 Å². The Morgan fingerprint density at radius 2 is 1.91 bits per heavy atom. The first-order valence-electron chi connectivity index (χ1n) is 11.4. The molecule has 0 spiro atoms. The minimum absolute atomic E-state index is 0.0429. The maximum Gasteiger partial charge on any atom is 0.410 e. The number of likely N-dealkylation sites (N-methyl/N-ethyl adjacent to an activating group) is 1. The topological polar surface area (TPSA) is 94.8 Å². The molecule has 1 aromatic rings. The van der Waals surface area contributed by atoms with E-state index in [1.54, 1.807) is 11.0 Å². The second-order valence-electron chi connectivity index (χ2n) is 10.0. The highest BCUT2D eigenvalue weighted by atomic mass is 16.6. The summed E-state index contributed by atoms with van der Waals surface area (Å²) in [6.45, 7) is 13.9. The second kappa shape index (κ2) is 9.49. The molecule has 3 heterocycles. The van der Waals surface area contributed by atoms with E-state index in [4.69, 9.17) is 9.47 Å². The van der Waals surface area contributed by atoms with Gasteiger partial charge in [0.2, 0.25) is 11.7 Å². The maximum absolute atomic E-state index is 12.7. The molecular weight excluding hydrogens is 408 g/mol. The molecule has 1 amide bonds. The number of nitriles is 1. The van der Waals surface area contributed by atoms with Crippen molar-refractivity contribution in [1.29, 1.82) is 5.26 Å². The number of hydrogen-bond acceptors (Lipinski definition) is 8. The van der Waals surface area contributed by atoms with Crippen molar-refractivity contribution >= 4 is 11.9 Å². The molecule has 1 aromatic heterocycles. The van der Waals surface area contributed by atoms with E-state index in [-0.39, 0.29) is 30.1 Å². The number of rotatable bonds is 4. The van der Waals surface area contributed by atoms with Gasteiger partial charge >= 0.3 is 6.09 Å². The molecule has 2 fully saturated rings. The lowest BCUT2D eigenvalue weighted by atomic mass is 10.1. The summed E-state index contributed by atoms with van der Waals surface area (Å²) >= 11 is 0. The van der Waals surface area contributed by atoms with Crippen molar-refractivity contribution in [2.45, 2.75) is 84.2 Å². The number of aromatic nitrogens is 2. The highest BCUT2D eigenvalue weighted by Gasteiger charge is 2.36. The monoisotopic (exact) mass is 444 g/mol. The van der Waals surface area contributed by atoms with Gasteiger partial charge in [0.05, 0.1) is 12.1 Å². The number of carbonyl (C=O) groups excluding carboxylic acids is 1. The van der Waals surface area contributed by atoms with Crippen LogP contribution >= 0.6 is 0 Å². The predicted octanol–water partition coefficient (Wildman–Crippen LogP) is 3.04. The fourth-order valence-electron chi connectivity index (χ4n) is 4.67. The number of hydrogen-bond donors (Lipinski definition) is 0. The number of amides is 1. The number of piperazine rings is 1. The van der Waals surface area contributed by atoms with E-state index in [0.29, 0.717) is 30.8 Å². The molecule has 1 unspecified atom stereocenters. The van der Waals surface area contributed by atoms with Gasteiger partial charge in [-0.2, -0.15) is 10.2 Å². The molecule has 2 saturated heterocycles. The van der Waals surface area contributed by atoms with Gasteiger partial charge in [-0.3, -0.25) is 9.80 Å². The van der Waals surface area contributed by atoms with Crippen LogP contribution in [0.3, 0.4) is 0 Å². The molecule has 3 rings (SSSR count). The van der Waals surface area contributed by atoms with Crippen molar-refractivity contribution < 1.29 is 14.3 Å². The third-order valence-corrected chi connectivity index (χ3v) is 6.06. The molecule has 0 aromatic carbocycles. The van der Waals surface area contributed by atoms with Gasteiger partial charge in [-0.05, 0) is 68.0 Å². The Kier molecular flexibility index (Phi) is 7.13. The van der Waals surface area contributed by atoms with Crippen molar-refractivity contribution in [2.24, 2.45) is 0 Å². The quantitative estimate of drug-likeness (QED) is 0.699. The highest BCUT2D eigenvalue weighted by molar-refractivity contribution is 5.69. The number of carbonyl (C=O) groups is 1. The van der Waals surface area contributed by atoms with Gasteiger partial charge in [0, 0.05) is 25.2 Å². The smallest absolute Gasteiger partial charge is 0.410 e. The molecule has 176 valence electrons. The number of nitrogens with zero attached hydrogens (tertiary/aromatic N) is 6. The maximum atomic E-state index is 12.7. The van der Waals surface area contributed by atoms with Crippen LogP contribution in [0.15, 0.2) is 6.07 Å². The highest BCUT2D eigenvalue weighted by Crippen LogP contribution is 2.27. The van der Waals surface area contributed by atoms with E-state index < -0.39 is 5.60 Å². The van der Waals surface area contributed by atoms with Crippen molar-refractivity contribution in [3.63, 3.8) is 0 Å². The lowest BCUT2D eigenvalue weighted by molar-refractivity contribution is 0.00558. The molecule has 4 atom stereocenters. The van der Waals surface area contributed by atoms with Gasteiger partial charge in [-0.15, -0.1) is 0 Å². The van der Waals surface area contributed by atoms with Crippen LogP contribution in [0, 0.1) is 11.3 Å². The van der Waals surface area contributed by atoms with E-state index in [1.165, 1.54) is 0 Å². The van der Waals surface area contributed by atoms with E-state index >= 15 is 0 Å². The summed E-state index contributed by atoms with van der Waals surface area (Å²) in [7, 11) is 2.11. The molecule has 0 bridgehead atoms. The van der Waals surface area contributed by atoms with Crippen molar-refractivity contribution in [2.75, 3.05) is 31.6 Å². The molecule has 2 aliphatic rings. The summed E-state index contributed by atoms with van der Waals surface area (Å²) in [5.74, 6) is 1.13. The summed E-state index contributed by atoms with van der Waals surface area (Å²) in [4.78, 5) is 27.6. The third kappa shape index (κ3) is 5.60. The predicted molar refractivity (Wildman–Crippen MR) is 122 cm³/mol. The van der Waals surface area contributed by atoms with Gasteiger partial charge in [0.1, 0.15) is 23.6 Å². The Bertz CT molecular complexity index is 852. The van der Waals surface area contributed by atoms with Gasteiger partial charge in [-0.25, -0.2) is 9.78 Å². The van der Waals surface area contributed by atoms with Crippen molar-refractivity contribution in [1.82, 2.24) is 19.8 Å². The molecule has 32 heavy (non-hydrogen) atoms. The van der Waals surface area contributed by atoms with Crippen LogP contribution < -0.4 is 9.64 Å². The van der Waals surface area contributed by atoms with Crippen LogP contribution in [-0.4, -0.2) is 82.4 Å². The number of ether oxygens (including phenoxy) is 2. The largest absolute Gasteiger partial charge is 0.473 e. The molecule has 2 aliphatic heterocycles. The van der Waals surface area contributed by atoms with Gasteiger partial charge in [0.15, 0.2) is 0 Å². The van der Waals surface area contributed by atoms with Crippen molar-refractivity contribution in [3.8, 4) is 11.9 Å². The van der Waals surface area contributed by atoms with Crippen LogP contribution in [-0.2, 0) is 4.74 Å². The molecule has 9 heteroatoms. The van der Waals surface area contributed by atoms with E-state index in [2.05, 4.69) is 26.8 Å². The second-order valence-corrected chi connectivity index (χ2v) is 10.0. The van der Waals surface area contributed by atoms with Crippen molar-refractivity contribution in [3.05, 3.63) is 11.9 Å². The molecule has 0 N–H and O–H groups in total. The first-order valence-corrected chi connectivity index (χ1v) is 11.4. The zero-order valence-electron chi connectivity index (χ0n) is 20.3. The Hall–Kier alpha value is -2.60. The standard InChI is InChI=1S/C23H36N6O3/c1-15-13-28(14-16(2)29(15)22(30)32-23(4,5)6)20-11-21(26-19(12-24)25-20)31-17(3)18-9-8-10-27(18)7/h11,15-18H,8-10,13-14H2,1-7H3/t15-,16?,17-,18-/m0/s1. The van der Waals surface area contributed by atoms with Crippen LogP contribution in [0.4, 0.5) is 10.6 Å². The Morgan fingerprint density at radius 1 is 1.25 bits per heavy atom. The molecular formula is C23H36N6O3. The first kappa shape index (κ1) is 24.1. The Balaban J connectivity index is 1.76. The first-order chi connectivity index (χ1) is 15.0. The minimum atomic E-state index is -0.543. The molecule has 0 radical (unpaired) electrons. The molecule has 9 nitrogen and oxygen atoms in total. The Labute approximate surface area is 191 Å². The van der Waals surface area contributed by atoms with Crippen LogP contribution in [0.25, 0.3) is 0 Å². The van der Waals surface area contributed by atoms with Gasteiger partial charge < -0.3 is 14.4 Å². The van der Waals surface area contributed by atoms with E-state index in [9.17, 15) is 10.1 Å². The molecule has 0 saturated carbocycles. The fraction of sp³-hybridized carbons (Fsp3) is 0.739. The zero-order valence-corrected chi connectivity index (χ0v) is 20.3. The number of likely N-dealkylation sites (tertiary alicyclic amines) is 1. The van der Waals surface area contributed by atoms with Crippen LogP contribution in [0.5, 0.6) is 5.88 Å². The summed E-state index contributed by atoms with van der Waals surface area (Å²) in [5, 5.41) is 9.47. The number of anilines is 1. The minimum Gasteiger partial charge on any atom is -0.473 e. The molecule has 0 aliphatic carbocycles.